The number of halogens is 1. The van der Waals surface area contributed by atoms with E-state index in [1.165, 1.54) is 25.0 Å². The van der Waals surface area contributed by atoms with E-state index in [0.717, 1.165) is 38.0 Å². The van der Waals surface area contributed by atoms with Crippen LogP contribution in [0.2, 0.25) is 0 Å². The molecule has 1 unspecified atom stereocenters. The molecule has 1 saturated carbocycles. The van der Waals surface area contributed by atoms with E-state index in [9.17, 15) is 14.0 Å². The Morgan fingerprint density at radius 1 is 0.929 bits per heavy atom. The molecular weight excluding hydrogens is 357 g/mol. The van der Waals surface area contributed by atoms with Gasteiger partial charge in [-0.1, -0.05) is 12.1 Å². The third-order valence-electron chi connectivity index (χ3n) is 6.37. The number of likely N-dealkylation sites (tertiary alicyclic amines) is 1. The highest BCUT2D eigenvalue weighted by Crippen LogP contribution is 2.43. The Kier molecular flexibility index (Phi) is 5.95. The number of rotatable bonds is 6. The number of hydrogen-bond acceptors (Lipinski definition) is 3. The zero-order chi connectivity index (χ0) is 19.5. The molecule has 0 N–H and O–H groups in total. The Balaban J connectivity index is 1.30. The van der Waals surface area contributed by atoms with Crippen LogP contribution in [-0.2, 0) is 9.59 Å². The quantitative estimate of drug-likeness (QED) is 0.753. The first-order valence-corrected chi connectivity index (χ1v) is 10.7. The normalized spacial score (nSPS) is 21.8. The summed E-state index contributed by atoms with van der Waals surface area (Å²) in [5.41, 5.74) is 0.915. The second-order valence-electron chi connectivity index (χ2n) is 8.37. The SMILES string of the molecule is O=C(CCN1CCCC1)N1CCN(C(=O)C(c2ccc(F)cc2)C2CC2)CC1. The monoisotopic (exact) mass is 387 g/mol. The lowest BCUT2D eigenvalue weighted by Crippen LogP contribution is -2.52. The minimum Gasteiger partial charge on any atom is -0.339 e. The van der Waals surface area contributed by atoms with Crippen molar-refractivity contribution >= 4 is 11.8 Å². The van der Waals surface area contributed by atoms with Crippen LogP contribution in [0.15, 0.2) is 24.3 Å². The molecule has 2 amide bonds. The summed E-state index contributed by atoms with van der Waals surface area (Å²) in [5.74, 6) is 0.275. The lowest BCUT2D eigenvalue weighted by molar-refractivity contribution is -0.140. The smallest absolute Gasteiger partial charge is 0.230 e. The Morgan fingerprint density at radius 2 is 1.54 bits per heavy atom. The van der Waals surface area contributed by atoms with E-state index in [-0.39, 0.29) is 23.5 Å². The van der Waals surface area contributed by atoms with Crippen LogP contribution in [0.4, 0.5) is 4.39 Å². The lowest BCUT2D eigenvalue weighted by atomic mass is 9.92. The zero-order valence-corrected chi connectivity index (χ0v) is 16.5. The van der Waals surface area contributed by atoms with Crippen molar-refractivity contribution < 1.29 is 14.0 Å². The lowest BCUT2D eigenvalue weighted by Gasteiger charge is -2.37. The van der Waals surface area contributed by atoms with Crippen LogP contribution in [0.25, 0.3) is 0 Å². The first-order chi connectivity index (χ1) is 13.6. The molecule has 2 heterocycles. The van der Waals surface area contributed by atoms with Crippen molar-refractivity contribution in [3.63, 3.8) is 0 Å². The molecule has 152 valence electrons. The van der Waals surface area contributed by atoms with Crippen molar-refractivity contribution in [2.24, 2.45) is 5.92 Å². The Hall–Kier alpha value is -1.95. The minimum atomic E-state index is -0.271. The first-order valence-electron chi connectivity index (χ1n) is 10.7. The summed E-state index contributed by atoms with van der Waals surface area (Å²) in [6, 6.07) is 6.37. The molecular formula is C22H30FN3O2. The number of hydrogen-bond donors (Lipinski definition) is 0. The van der Waals surface area contributed by atoms with Crippen molar-refractivity contribution in [3.05, 3.63) is 35.6 Å². The van der Waals surface area contributed by atoms with Gasteiger partial charge in [-0.3, -0.25) is 9.59 Å². The Labute approximate surface area is 166 Å². The Morgan fingerprint density at radius 3 is 2.14 bits per heavy atom. The fraction of sp³-hybridized carbons (Fsp3) is 0.636. The van der Waals surface area contributed by atoms with E-state index in [0.29, 0.717) is 38.5 Å². The third-order valence-corrected chi connectivity index (χ3v) is 6.37. The third kappa shape index (κ3) is 4.54. The molecule has 1 aromatic carbocycles. The van der Waals surface area contributed by atoms with E-state index in [1.807, 2.05) is 9.80 Å². The van der Waals surface area contributed by atoms with Gasteiger partial charge in [-0.15, -0.1) is 0 Å². The molecule has 0 radical (unpaired) electrons. The van der Waals surface area contributed by atoms with E-state index in [4.69, 9.17) is 0 Å². The summed E-state index contributed by atoms with van der Waals surface area (Å²) in [6.07, 6.45) is 5.18. The van der Waals surface area contributed by atoms with E-state index >= 15 is 0 Å². The summed E-state index contributed by atoms with van der Waals surface area (Å²) < 4.78 is 13.3. The van der Waals surface area contributed by atoms with Gasteiger partial charge in [0, 0.05) is 39.1 Å². The molecule has 3 fully saturated rings. The molecule has 1 aromatic rings. The summed E-state index contributed by atoms with van der Waals surface area (Å²) in [6.45, 7) is 5.50. The van der Waals surface area contributed by atoms with E-state index in [2.05, 4.69) is 4.90 Å². The molecule has 2 saturated heterocycles. The highest BCUT2D eigenvalue weighted by atomic mass is 19.1. The Bertz CT molecular complexity index is 690. The predicted molar refractivity (Wildman–Crippen MR) is 105 cm³/mol. The van der Waals surface area contributed by atoms with E-state index < -0.39 is 0 Å². The van der Waals surface area contributed by atoms with Crippen molar-refractivity contribution in [3.8, 4) is 0 Å². The summed E-state index contributed by atoms with van der Waals surface area (Å²) in [4.78, 5) is 31.8. The second-order valence-corrected chi connectivity index (χ2v) is 8.37. The van der Waals surface area contributed by atoms with Gasteiger partial charge in [0.05, 0.1) is 5.92 Å². The van der Waals surface area contributed by atoms with Crippen LogP contribution in [0.3, 0.4) is 0 Å². The predicted octanol–water partition coefficient (Wildman–Crippen LogP) is 2.48. The molecule has 2 aliphatic heterocycles. The highest BCUT2D eigenvalue weighted by Gasteiger charge is 2.40. The van der Waals surface area contributed by atoms with Gasteiger partial charge in [0.1, 0.15) is 5.82 Å². The molecule has 28 heavy (non-hydrogen) atoms. The fourth-order valence-corrected chi connectivity index (χ4v) is 4.51. The average Bonchev–Trinajstić information content (AvgIpc) is 3.41. The number of carbonyl (C=O) groups excluding carboxylic acids is 2. The van der Waals surface area contributed by atoms with Crippen LogP contribution in [0, 0.1) is 11.7 Å². The van der Waals surface area contributed by atoms with Gasteiger partial charge < -0.3 is 14.7 Å². The topological polar surface area (TPSA) is 43.9 Å². The van der Waals surface area contributed by atoms with Crippen LogP contribution in [-0.4, -0.2) is 72.3 Å². The standard InChI is InChI=1S/C22H30FN3O2/c23-19-7-5-18(6-8-19)21(17-3-4-17)22(28)26-15-13-25(14-16-26)20(27)9-12-24-10-1-2-11-24/h5-8,17,21H,1-4,9-16H2. The fourth-order valence-electron chi connectivity index (χ4n) is 4.51. The molecule has 4 rings (SSSR count). The van der Waals surface area contributed by atoms with Gasteiger partial charge in [0.25, 0.3) is 0 Å². The molecule has 6 heteroatoms. The summed E-state index contributed by atoms with van der Waals surface area (Å²) in [7, 11) is 0. The van der Waals surface area contributed by atoms with Gasteiger partial charge in [0.15, 0.2) is 0 Å². The van der Waals surface area contributed by atoms with Crippen LogP contribution in [0.1, 0.15) is 43.6 Å². The van der Waals surface area contributed by atoms with Crippen LogP contribution >= 0.6 is 0 Å². The van der Waals surface area contributed by atoms with Gasteiger partial charge in [-0.05, 0) is 62.4 Å². The summed E-state index contributed by atoms with van der Waals surface area (Å²) in [5, 5.41) is 0. The number of nitrogens with zero attached hydrogens (tertiary/aromatic N) is 3. The van der Waals surface area contributed by atoms with Crippen molar-refractivity contribution in [2.45, 2.75) is 38.0 Å². The minimum absolute atomic E-state index is 0.137. The number of benzene rings is 1. The van der Waals surface area contributed by atoms with Gasteiger partial charge in [-0.2, -0.15) is 0 Å². The molecule has 1 aliphatic carbocycles. The maximum atomic E-state index is 13.3. The van der Waals surface area contributed by atoms with Crippen molar-refractivity contribution in [1.82, 2.24) is 14.7 Å². The van der Waals surface area contributed by atoms with Gasteiger partial charge in [-0.25, -0.2) is 4.39 Å². The number of carbonyl (C=O) groups is 2. The maximum absolute atomic E-state index is 13.3. The van der Waals surface area contributed by atoms with Crippen LogP contribution < -0.4 is 0 Å². The van der Waals surface area contributed by atoms with E-state index in [1.54, 1.807) is 12.1 Å². The largest absolute Gasteiger partial charge is 0.339 e. The molecule has 5 nitrogen and oxygen atoms in total. The first kappa shape index (κ1) is 19.4. The highest BCUT2D eigenvalue weighted by molar-refractivity contribution is 5.85. The number of piperazine rings is 1. The van der Waals surface area contributed by atoms with Crippen LogP contribution in [0.5, 0.6) is 0 Å². The zero-order valence-electron chi connectivity index (χ0n) is 16.5. The molecule has 0 bridgehead atoms. The van der Waals surface area contributed by atoms with Gasteiger partial charge >= 0.3 is 0 Å². The summed E-state index contributed by atoms with van der Waals surface area (Å²) >= 11 is 0. The van der Waals surface area contributed by atoms with Gasteiger partial charge in [0.2, 0.25) is 11.8 Å². The van der Waals surface area contributed by atoms with Crippen molar-refractivity contribution in [1.29, 1.82) is 0 Å². The molecule has 0 aromatic heterocycles. The molecule has 1 atom stereocenters. The second kappa shape index (κ2) is 8.60. The number of amides is 2. The molecule has 3 aliphatic rings. The molecule has 0 spiro atoms. The maximum Gasteiger partial charge on any atom is 0.230 e. The van der Waals surface area contributed by atoms with Crippen molar-refractivity contribution in [2.75, 3.05) is 45.8 Å². The average molecular weight is 387 g/mol.